The molecule has 2 rings (SSSR count). The fourth-order valence-electron chi connectivity index (χ4n) is 1.95. The summed E-state index contributed by atoms with van der Waals surface area (Å²) in [5.74, 6) is 0.123. The van der Waals surface area contributed by atoms with Crippen LogP contribution in [-0.4, -0.2) is 48.1 Å². The molecule has 2 heterocycles. The van der Waals surface area contributed by atoms with Crippen LogP contribution in [0.1, 0.15) is 12.6 Å². The first-order valence-electron chi connectivity index (χ1n) is 6.38. The van der Waals surface area contributed by atoms with Gasteiger partial charge in [0.1, 0.15) is 4.60 Å². The standard InChI is InChI=1S/C13H18BrN3O2/c1-10(13(18)17-5-7-19-8-6-17)15-9-11-3-2-4-12(14)16-11/h2-4,10,15H,5-9H2,1H3. The van der Waals surface area contributed by atoms with E-state index in [4.69, 9.17) is 4.74 Å². The van der Waals surface area contributed by atoms with Crippen molar-refractivity contribution >= 4 is 21.8 Å². The van der Waals surface area contributed by atoms with Crippen molar-refractivity contribution in [2.45, 2.75) is 19.5 Å². The third kappa shape index (κ3) is 4.26. The average Bonchev–Trinajstić information content (AvgIpc) is 2.45. The summed E-state index contributed by atoms with van der Waals surface area (Å²) in [4.78, 5) is 18.3. The van der Waals surface area contributed by atoms with Gasteiger partial charge in [-0.25, -0.2) is 4.98 Å². The van der Waals surface area contributed by atoms with Gasteiger partial charge in [-0.3, -0.25) is 4.79 Å². The zero-order chi connectivity index (χ0) is 13.7. The molecule has 0 aromatic carbocycles. The van der Waals surface area contributed by atoms with Crippen molar-refractivity contribution in [2.75, 3.05) is 26.3 Å². The molecule has 1 saturated heterocycles. The molecule has 1 fully saturated rings. The molecule has 1 N–H and O–H groups in total. The molecule has 0 saturated carbocycles. The Morgan fingerprint density at radius 3 is 2.95 bits per heavy atom. The lowest BCUT2D eigenvalue weighted by Gasteiger charge is -2.29. The van der Waals surface area contributed by atoms with E-state index in [2.05, 4.69) is 26.2 Å². The minimum absolute atomic E-state index is 0.123. The Bertz CT molecular complexity index is 436. The average molecular weight is 328 g/mol. The first-order chi connectivity index (χ1) is 9.16. The molecule has 1 atom stereocenters. The van der Waals surface area contributed by atoms with Crippen molar-refractivity contribution in [3.63, 3.8) is 0 Å². The fourth-order valence-corrected chi connectivity index (χ4v) is 2.33. The minimum atomic E-state index is -0.209. The van der Waals surface area contributed by atoms with E-state index in [0.29, 0.717) is 32.8 Å². The van der Waals surface area contributed by atoms with Gasteiger partial charge in [-0.1, -0.05) is 6.07 Å². The quantitative estimate of drug-likeness (QED) is 0.844. The second kappa shape index (κ2) is 6.98. The highest BCUT2D eigenvalue weighted by molar-refractivity contribution is 9.10. The summed E-state index contributed by atoms with van der Waals surface area (Å²) in [5, 5.41) is 3.21. The molecule has 1 amide bonds. The zero-order valence-corrected chi connectivity index (χ0v) is 12.5. The Hall–Kier alpha value is -0.980. The molecule has 0 bridgehead atoms. The van der Waals surface area contributed by atoms with Gasteiger partial charge in [0.15, 0.2) is 0 Å². The van der Waals surface area contributed by atoms with Crippen molar-refractivity contribution < 1.29 is 9.53 Å². The fraction of sp³-hybridized carbons (Fsp3) is 0.538. The number of nitrogens with zero attached hydrogens (tertiary/aromatic N) is 2. The molecule has 5 nitrogen and oxygen atoms in total. The van der Waals surface area contributed by atoms with Crippen LogP contribution in [0, 0.1) is 0 Å². The maximum Gasteiger partial charge on any atom is 0.239 e. The number of rotatable bonds is 4. The SMILES string of the molecule is CC(NCc1cccc(Br)n1)C(=O)N1CCOCC1. The van der Waals surface area contributed by atoms with Gasteiger partial charge in [0.2, 0.25) is 5.91 Å². The van der Waals surface area contributed by atoms with E-state index in [-0.39, 0.29) is 11.9 Å². The van der Waals surface area contributed by atoms with Crippen LogP contribution in [0.25, 0.3) is 0 Å². The van der Waals surface area contributed by atoms with Gasteiger partial charge in [-0.15, -0.1) is 0 Å². The summed E-state index contributed by atoms with van der Waals surface area (Å²) in [6.07, 6.45) is 0. The molecule has 6 heteroatoms. The highest BCUT2D eigenvalue weighted by Crippen LogP contribution is 2.07. The molecule has 1 unspecified atom stereocenters. The lowest BCUT2D eigenvalue weighted by molar-refractivity contribution is -0.137. The number of halogens is 1. The van der Waals surface area contributed by atoms with Crippen LogP contribution in [0.2, 0.25) is 0 Å². The Morgan fingerprint density at radius 1 is 1.53 bits per heavy atom. The van der Waals surface area contributed by atoms with Gasteiger partial charge in [0.05, 0.1) is 24.9 Å². The predicted octanol–water partition coefficient (Wildman–Crippen LogP) is 1.18. The maximum absolute atomic E-state index is 12.2. The van der Waals surface area contributed by atoms with Crippen LogP contribution in [0.4, 0.5) is 0 Å². The number of hydrogen-bond donors (Lipinski definition) is 1. The van der Waals surface area contributed by atoms with Crippen LogP contribution in [0.15, 0.2) is 22.8 Å². The van der Waals surface area contributed by atoms with Gasteiger partial charge in [0, 0.05) is 19.6 Å². The van der Waals surface area contributed by atoms with Crippen molar-refractivity contribution in [1.82, 2.24) is 15.2 Å². The Balaban J connectivity index is 1.83. The summed E-state index contributed by atoms with van der Waals surface area (Å²) in [6, 6.07) is 5.54. The van der Waals surface area contributed by atoms with Gasteiger partial charge in [0.25, 0.3) is 0 Å². The number of hydrogen-bond acceptors (Lipinski definition) is 4. The summed E-state index contributed by atoms with van der Waals surface area (Å²) in [7, 11) is 0. The van der Waals surface area contributed by atoms with Crippen LogP contribution in [0.3, 0.4) is 0 Å². The second-order valence-electron chi connectivity index (χ2n) is 4.49. The lowest BCUT2D eigenvalue weighted by atomic mass is 10.2. The predicted molar refractivity (Wildman–Crippen MR) is 75.6 cm³/mol. The lowest BCUT2D eigenvalue weighted by Crippen LogP contribution is -2.49. The molecule has 1 aromatic heterocycles. The van der Waals surface area contributed by atoms with E-state index in [0.717, 1.165) is 10.3 Å². The van der Waals surface area contributed by atoms with Crippen molar-refractivity contribution in [3.8, 4) is 0 Å². The summed E-state index contributed by atoms with van der Waals surface area (Å²) >= 11 is 3.33. The number of pyridine rings is 1. The Labute approximate surface area is 121 Å². The van der Waals surface area contributed by atoms with E-state index >= 15 is 0 Å². The highest BCUT2D eigenvalue weighted by Gasteiger charge is 2.21. The maximum atomic E-state index is 12.2. The molecular weight excluding hydrogens is 310 g/mol. The van der Waals surface area contributed by atoms with Crippen molar-refractivity contribution in [1.29, 1.82) is 0 Å². The molecule has 0 aliphatic carbocycles. The monoisotopic (exact) mass is 327 g/mol. The Kier molecular flexibility index (Phi) is 5.30. The number of ether oxygens (including phenoxy) is 1. The first-order valence-corrected chi connectivity index (χ1v) is 7.17. The molecule has 0 radical (unpaired) electrons. The Morgan fingerprint density at radius 2 is 2.26 bits per heavy atom. The van der Waals surface area contributed by atoms with Gasteiger partial charge >= 0.3 is 0 Å². The minimum Gasteiger partial charge on any atom is -0.378 e. The molecule has 19 heavy (non-hydrogen) atoms. The highest BCUT2D eigenvalue weighted by atomic mass is 79.9. The van der Waals surface area contributed by atoms with E-state index in [1.54, 1.807) is 0 Å². The number of carbonyl (C=O) groups excluding carboxylic acids is 1. The van der Waals surface area contributed by atoms with Gasteiger partial charge in [-0.05, 0) is 35.0 Å². The molecule has 1 aliphatic heterocycles. The number of carbonyl (C=O) groups is 1. The largest absolute Gasteiger partial charge is 0.378 e. The zero-order valence-electron chi connectivity index (χ0n) is 10.9. The number of morpholine rings is 1. The smallest absolute Gasteiger partial charge is 0.239 e. The van der Waals surface area contributed by atoms with E-state index in [9.17, 15) is 4.79 Å². The summed E-state index contributed by atoms with van der Waals surface area (Å²) in [6.45, 7) is 5.09. The van der Waals surface area contributed by atoms with E-state index < -0.39 is 0 Å². The van der Waals surface area contributed by atoms with Crippen molar-refractivity contribution in [3.05, 3.63) is 28.5 Å². The van der Waals surface area contributed by atoms with E-state index in [1.165, 1.54) is 0 Å². The van der Waals surface area contributed by atoms with E-state index in [1.807, 2.05) is 30.0 Å². The molecule has 0 spiro atoms. The first kappa shape index (κ1) is 14.4. The van der Waals surface area contributed by atoms with Crippen LogP contribution < -0.4 is 5.32 Å². The topological polar surface area (TPSA) is 54.5 Å². The van der Waals surface area contributed by atoms with Crippen LogP contribution >= 0.6 is 15.9 Å². The van der Waals surface area contributed by atoms with Gasteiger partial charge in [-0.2, -0.15) is 0 Å². The van der Waals surface area contributed by atoms with Crippen molar-refractivity contribution in [2.24, 2.45) is 0 Å². The molecule has 1 aromatic rings. The number of nitrogens with one attached hydrogen (secondary N) is 1. The normalized spacial score (nSPS) is 17.3. The van der Waals surface area contributed by atoms with Crippen LogP contribution in [0.5, 0.6) is 0 Å². The van der Waals surface area contributed by atoms with Gasteiger partial charge < -0.3 is 15.0 Å². The number of amides is 1. The second-order valence-corrected chi connectivity index (χ2v) is 5.30. The molecule has 1 aliphatic rings. The summed E-state index contributed by atoms with van der Waals surface area (Å²) in [5.41, 5.74) is 0.913. The third-order valence-corrected chi connectivity index (χ3v) is 3.50. The summed E-state index contributed by atoms with van der Waals surface area (Å²) < 4.78 is 6.05. The number of aromatic nitrogens is 1. The third-order valence-electron chi connectivity index (χ3n) is 3.06. The van der Waals surface area contributed by atoms with Crippen LogP contribution in [-0.2, 0) is 16.1 Å². The molecule has 104 valence electrons. The molecular formula is C13H18BrN3O2.